The lowest BCUT2D eigenvalue weighted by atomic mass is 10.1. The summed E-state index contributed by atoms with van der Waals surface area (Å²) in [4.78, 5) is 25.8. The predicted octanol–water partition coefficient (Wildman–Crippen LogP) is 1.23. The molecule has 5 nitrogen and oxygen atoms in total. The van der Waals surface area contributed by atoms with E-state index in [1.54, 1.807) is 12.3 Å². The van der Waals surface area contributed by atoms with Gasteiger partial charge in [0, 0.05) is 29.3 Å². The maximum Gasteiger partial charge on any atom is 0.251 e. The fourth-order valence-corrected chi connectivity index (χ4v) is 2.90. The van der Waals surface area contributed by atoms with Crippen LogP contribution in [0.15, 0.2) is 27.6 Å². The number of carbonyl (C=O) groups excluding carboxylic acids is 1. The fourth-order valence-electron chi connectivity index (χ4n) is 2.52. The molecule has 2 unspecified atom stereocenters. The van der Waals surface area contributed by atoms with E-state index in [2.05, 4.69) is 15.9 Å². The Bertz CT molecular complexity index is 535. The molecule has 0 radical (unpaired) electrons. The summed E-state index contributed by atoms with van der Waals surface area (Å²) >= 11 is 3.30. The number of carbonyl (C=O) groups is 1. The molecule has 1 aliphatic heterocycles. The van der Waals surface area contributed by atoms with Crippen LogP contribution in [0.4, 0.5) is 0 Å². The molecule has 1 fully saturated rings. The molecule has 1 aromatic heterocycles. The third-order valence-corrected chi connectivity index (χ3v) is 4.04. The maximum absolute atomic E-state index is 12.3. The van der Waals surface area contributed by atoms with Crippen LogP contribution in [0.1, 0.15) is 13.3 Å². The third-order valence-electron chi connectivity index (χ3n) is 3.57. The quantitative estimate of drug-likeness (QED) is 0.877. The number of hydrogen-bond acceptors (Lipinski definition) is 3. The Hall–Kier alpha value is -0.850. The number of pyridine rings is 1. The highest BCUT2D eigenvalue weighted by atomic mass is 79.9. The van der Waals surface area contributed by atoms with Gasteiger partial charge in [-0.05, 0) is 47.8 Å². The summed E-state index contributed by atoms with van der Waals surface area (Å²) in [6.45, 7) is 3.40. The van der Waals surface area contributed by atoms with Gasteiger partial charge in [0.1, 0.15) is 6.54 Å². The van der Waals surface area contributed by atoms with Gasteiger partial charge in [-0.1, -0.05) is 0 Å². The zero-order valence-electron chi connectivity index (χ0n) is 11.3. The van der Waals surface area contributed by atoms with E-state index in [1.807, 2.05) is 11.8 Å². The van der Waals surface area contributed by atoms with Gasteiger partial charge in [0.2, 0.25) is 5.91 Å². The molecule has 2 heterocycles. The molecular formula is C13H19BrClN3O2. The van der Waals surface area contributed by atoms with Crippen molar-refractivity contribution in [2.45, 2.75) is 25.9 Å². The second-order valence-corrected chi connectivity index (χ2v) is 5.96. The number of hydrogen-bond donors (Lipinski definition) is 1. The van der Waals surface area contributed by atoms with Crippen molar-refractivity contribution in [2.75, 3.05) is 13.1 Å². The van der Waals surface area contributed by atoms with E-state index in [-0.39, 0.29) is 36.5 Å². The number of halogens is 2. The zero-order chi connectivity index (χ0) is 14.0. The van der Waals surface area contributed by atoms with Crippen LogP contribution in [0.3, 0.4) is 0 Å². The Morgan fingerprint density at radius 3 is 2.80 bits per heavy atom. The van der Waals surface area contributed by atoms with Gasteiger partial charge in [-0.15, -0.1) is 12.4 Å². The molecule has 0 aliphatic carbocycles. The highest BCUT2D eigenvalue weighted by Crippen LogP contribution is 2.22. The Balaban J connectivity index is 0.00000200. The van der Waals surface area contributed by atoms with E-state index in [1.165, 1.54) is 10.6 Å². The summed E-state index contributed by atoms with van der Waals surface area (Å²) in [6, 6.07) is 3.32. The largest absolute Gasteiger partial charge is 0.338 e. The lowest BCUT2D eigenvalue weighted by molar-refractivity contribution is -0.132. The van der Waals surface area contributed by atoms with Crippen LogP contribution in [-0.4, -0.2) is 34.5 Å². The normalized spacial score (nSPS) is 21.6. The molecule has 1 amide bonds. The first-order valence-corrected chi connectivity index (χ1v) is 7.16. The SMILES string of the molecule is CC1CC(CN)CN1C(=O)Cn1cc(Br)ccc1=O.Cl. The van der Waals surface area contributed by atoms with Gasteiger partial charge in [0.05, 0.1) is 0 Å². The minimum Gasteiger partial charge on any atom is -0.338 e. The first-order chi connectivity index (χ1) is 9.01. The molecule has 0 saturated carbocycles. The van der Waals surface area contributed by atoms with E-state index in [0.29, 0.717) is 19.0 Å². The molecule has 0 bridgehead atoms. The first-order valence-electron chi connectivity index (χ1n) is 6.36. The van der Waals surface area contributed by atoms with Crippen molar-refractivity contribution in [1.29, 1.82) is 0 Å². The summed E-state index contributed by atoms with van der Waals surface area (Å²) in [6.07, 6.45) is 2.58. The second-order valence-electron chi connectivity index (χ2n) is 5.05. The van der Waals surface area contributed by atoms with Gasteiger partial charge < -0.3 is 15.2 Å². The van der Waals surface area contributed by atoms with E-state index >= 15 is 0 Å². The molecule has 2 N–H and O–H groups in total. The molecular weight excluding hydrogens is 346 g/mol. The Labute approximate surface area is 132 Å². The standard InChI is InChI=1S/C13H18BrN3O2.ClH/c1-9-4-10(5-15)6-17(9)13(19)8-16-7-11(14)2-3-12(16)18;/h2-3,7,9-10H,4-6,8,15H2,1H3;1H. The second kappa shape index (κ2) is 7.24. The van der Waals surface area contributed by atoms with Crippen molar-refractivity contribution in [3.63, 3.8) is 0 Å². The molecule has 20 heavy (non-hydrogen) atoms. The van der Waals surface area contributed by atoms with Gasteiger partial charge >= 0.3 is 0 Å². The summed E-state index contributed by atoms with van der Waals surface area (Å²) in [5.41, 5.74) is 5.49. The van der Waals surface area contributed by atoms with Crippen molar-refractivity contribution >= 4 is 34.2 Å². The summed E-state index contributed by atoms with van der Waals surface area (Å²) in [7, 11) is 0. The van der Waals surface area contributed by atoms with E-state index in [0.717, 1.165) is 10.9 Å². The minimum atomic E-state index is -0.168. The van der Waals surface area contributed by atoms with Gasteiger partial charge in [0.25, 0.3) is 5.56 Å². The molecule has 1 aliphatic rings. The van der Waals surface area contributed by atoms with Gasteiger partial charge in [0.15, 0.2) is 0 Å². The van der Waals surface area contributed by atoms with Crippen molar-refractivity contribution in [1.82, 2.24) is 9.47 Å². The van der Waals surface area contributed by atoms with E-state index < -0.39 is 0 Å². The Morgan fingerprint density at radius 2 is 2.20 bits per heavy atom. The highest BCUT2D eigenvalue weighted by molar-refractivity contribution is 9.10. The summed E-state index contributed by atoms with van der Waals surface area (Å²) in [5, 5.41) is 0. The average molecular weight is 365 g/mol. The Morgan fingerprint density at radius 1 is 1.50 bits per heavy atom. The number of likely N-dealkylation sites (tertiary alicyclic amines) is 1. The fraction of sp³-hybridized carbons (Fsp3) is 0.538. The van der Waals surface area contributed by atoms with Crippen LogP contribution in [0.5, 0.6) is 0 Å². The average Bonchev–Trinajstić information content (AvgIpc) is 2.75. The first kappa shape index (κ1) is 17.2. The van der Waals surface area contributed by atoms with Crippen molar-refractivity contribution < 1.29 is 4.79 Å². The topological polar surface area (TPSA) is 68.3 Å². The number of nitrogens with zero attached hydrogens (tertiary/aromatic N) is 2. The Kier molecular flexibility index (Phi) is 6.23. The number of rotatable bonds is 3. The number of nitrogens with two attached hydrogens (primary N) is 1. The lowest BCUT2D eigenvalue weighted by Gasteiger charge is -2.22. The van der Waals surface area contributed by atoms with Crippen LogP contribution in [0.25, 0.3) is 0 Å². The van der Waals surface area contributed by atoms with Gasteiger partial charge in [-0.3, -0.25) is 9.59 Å². The van der Waals surface area contributed by atoms with Crippen LogP contribution < -0.4 is 11.3 Å². The van der Waals surface area contributed by atoms with Crippen LogP contribution in [0, 0.1) is 5.92 Å². The van der Waals surface area contributed by atoms with Crippen LogP contribution >= 0.6 is 28.3 Å². The molecule has 7 heteroatoms. The molecule has 1 saturated heterocycles. The minimum absolute atomic E-state index is 0. The molecule has 112 valence electrons. The zero-order valence-corrected chi connectivity index (χ0v) is 13.7. The molecule has 0 spiro atoms. The summed E-state index contributed by atoms with van der Waals surface area (Å²) in [5.74, 6) is 0.349. The monoisotopic (exact) mass is 363 g/mol. The smallest absolute Gasteiger partial charge is 0.251 e. The molecule has 1 aromatic rings. The van der Waals surface area contributed by atoms with Gasteiger partial charge in [-0.2, -0.15) is 0 Å². The van der Waals surface area contributed by atoms with Crippen molar-refractivity contribution in [3.8, 4) is 0 Å². The van der Waals surface area contributed by atoms with Crippen LogP contribution in [-0.2, 0) is 11.3 Å². The maximum atomic E-state index is 12.3. The van der Waals surface area contributed by atoms with E-state index in [4.69, 9.17) is 5.73 Å². The summed E-state index contributed by atoms with van der Waals surface area (Å²) < 4.78 is 2.21. The number of amides is 1. The molecule has 2 rings (SSSR count). The number of aromatic nitrogens is 1. The van der Waals surface area contributed by atoms with Crippen molar-refractivity contribution in [2.24, 2.45) is 11.7 Å². The molecule has 0 aromatic carbocycles. The highest BCUT2D eigenvalue weighted by Gasteiger charge is 2.31. The third kappa shape index (κ3) is 3.84. The molecule has 2 atom stereocenters. The van der Waals surface area contributed by atoms with Gasteiger partial charge in [-0.25, -0.2) is 0 Å². The van der Waals surface area contributed by atoms with Crippen molar-refractivity contribution in [3.05, 3.63) is 33.2 Å². The lowest BCUT2D eigenvalue weighted by Crippen LogP contribution is -2.38. The predicted molar refractivity (Wildman–Crippen MR) is 84.0 cm³/mol. The van der Waals surface area contributed by atoms with Crippen LogP contribution in [0.2, 0.25) is 0 Å². The van der Waals surface area contributed by atoms with E-state index in [9.17, 15) is 9.59 Å².